The van der Waals surface area contributed by atoms with E-state index in [-0.39, 0.29) is 5.91 Å². The van der Waals surface area contributed by atoms with E-state index in [1.54, 1.807) is 35.2 Å². The van der Waals surface area contributed by atoms with Crippen LogP contribution in [0.1, 0.15) is 22.1 Å². The molecule has 1 N–H and O–H groups in total. The molecule has 0 spiro atoms. The summed E-state index contributed by atoms with van der Waals surface area (Å²) in [5.41, 5.74) is 2.08. The molecule has 2 heterocycles. The van der Waals surface area contributed by atoms with Crippen LogP contribution in [0, 0.1) is 0 Å². The molecular formula is C19H12Cl3N3O. The quantitative estimate of drug-likeness (QED) is 0.599. The van der Waals surface area contributed by atoms with E-state index < -0.39 is 6.17 Å². The molecule has 0 aliphatic carbocycles. The van der Waals surface area contributed by atoms with Crippen molar-refractivity contribution in [2.24, 2.45) is 0 Å². The minimum Gasteiger partial charge on any atom is -0.360 e. The number of nitrogens with one attached hydrogen (secondary N) is 1. The molecule has 1 aromatic heterocycles. The number of aromatic nitrogens is 1. The van der Waals surface area contributed by atoms with E-state index in [1.165, 1.54) is 6.20 Å². The second-order valence-corrected chi connectivity index (χ2v) is 6.97. The second-order valence-electron chi connectivity index (χ2n) is 5.75. The minimum atomic E-state index is -0.469. The first-order valence-electron chi connectivity index (χ1n) is 7.81. The molecule has 0 fully saturated rings. The van der Waals surface area contributed by atoms with Gasteiger partial charge in [-0.15, -0.1) is 0 Å². The fourth-order valence-electron chi connectivity index (χ4n) is 2.97. The summed E-state index contributed by atoms with van der Waals surface area (Å²) in [6.45, 7) is 0. The summed E-state index contributed by atoms with van der Waals surface area (Å²) >= 11 is 18.4. The number of rotatable bonds is 3. The molecule has 7 heteroatoms. The Morgan fingerprint density at radius 3 is 2.54 bits per heavy atom. The molecule has 4 nitrogen and oxygen atoms in total. The lowest BCUT2D eigenvalue weighted by Crippen LogP contribution is -2.33. The van der Waals surface area contributed by atoms with E-state index in [0.717, 1.165) is 5.56 Å². The predicted octanol–water partition coefficient (Wildman–Crippen LogP) is 5.81. The highest BCUT2D eigenvalue weighted by Gasteiger charge is 2.38. The van der Waals surface area contributed by atoms with Gasteiger partial charge < -0.3 is 5.32 Å². The molecule has 1 unspecified atom stereocenters. The third-order valence-corrected chi connectivity index (χ3v) is 5.21. The van der Waals surface area contributed by atoms with E-state index in [2.05, 4.69) is 10.3 Å². The summed E-state index contributed by atoms with van der Waals surface area (Å²) in [6, 6.07) is 16.1. The van der Waals surface area contributed by atoms with Gasteiger partial charge >= 0.3 is 0 Å². The zero-order valence-corrected chi connectivity index (χ0v) is 15.6. The van der Waals surface area contributed by atoms with Crippen molar-refractivity contribution < 1.29 is 4.79 Å². The van der Waals surface area contributed by atoms with Crippen LogP contribution >= 0.6 is 34.8 Å². The van der Waals surface area contributed by atoms with E-state index in [9.17, 15) is 4.79 Å². The van der Waals surface area contributed by atoms with Gasteiger partial charge in [0, 0.05) is 17.3 Å². The van der Waals surface area contributed by atoms with Gasteiger partial charge in [-0.1, -0.05) is 59.1 Å². The molecule has 0 saturated carbocycles. The molecule has 130 valence electrons. The SMILES string of the molecule is O=C1c2ccccc2C(Nc2cccc(Cl)c2Cl)N1c1ccc(Cl)cn1. The van der Waals surface area contributed by atoms with Gasteiger partial charge in [0.2, 0.25) is 0 Å². The van der Waals surface area contributed by atoms with E-state index >= 15 is 0 Å². The van der Waals surface area contributed by atoms with E-state index in [0.29, 0.717) is 32.1 Å². The van der Waals surface area contributed by atoms with Crippen LogP contribution in [0.2, 0.25) is 15.1 Å². The fraction of sp³-hybridized carbons (Fsp3) is 0.0526. The number of pyridine rings is 1. The van der Waals surface area contributed by atoms with Crippen LogP contribution in [-0.2, 0) is 0 Å². The number of nitrogens with zero attached hydrogens (tertiary/aromatic N) is 2. The highest BCUT2D eigenvalue weighted by Crippen LogP contribution is 2.39. The summed E-state index contributed by atoms with van der Waals surface area (Å²) in [7, 11) is 0. The minimum absolute atomic E-state index is 0.147. The second kappa shape index (κ2) is 6.80. The maximum atomic E-state index is 13.0. The van der Waals surface area contributed by atoms with Crippen molar-refractivity contribution in [2.75, 3.05) is 10.2 Å². The molecule has 3 aromatic rings. The van der Waals surface area contributed by atoms with Crippen LogP contribution < -0.4 is 10.2 Å². The number of hydrogen-bond donors (Lipinski definition) is 1. The molecule has 0 saturated heterocycles. The maximum absolute atomic E-state index is 13.0. The van der Waals surface area contributed by atoms with Gasteiger partial charge in [-0.3, -0.25) is 9.69 Å². The highest BCUT2D eigenvalue weighted by atomic mass is 35.5. The Bertz CT molecular complexity index is 992. The average molecular weight is 405 g/mol. The standard InChI is InChI=1S/C19H12Cl3N3O/c20-11-8-9-16(23-10-11)25-18(12-4-1-2-5-13(12)19(25)26)24-15-7-3-6-14(21)17(15)22/h1-10,18,24H. The van der Waals surface area contributed by atoms with Gasteiger partial charge in [-0.25, -0.2) is 4.98 Å². The lowest BCUT2D eigenvalue weighted by atomic mass is 10.1. The third-order valence-electron chi connectivity index (χ3n) is 4.17. The largest absolute Gasteiger partial charge is 0.360 e. The van der Waals surface area contributed by atoms with Gasteiger partial charge in [-0.2, -0.15) is 0 Å². The van der Waals surface area contributed by atoms with Crippen LogP contribution in [0.3, 0.4) is 0 Å². The summed E-state index contributed by atoms with van der Waals surface area (Å²) < 4.78 is 0. The molecule has 1 amide bonds. The molecule has 1 atom stereocenters. The summed E-state index contributed by atoms with van der Waals surface area (Å²) in [5.74, 6) is 0.345. The van der Waals surface area contributed by atoms with Gasteiger partial charge in [0.25, 0.3) is 5.91 Å². The van der Waals surface area contributed by atoms with Crippen molar-refractivity contribution in [2.45, 2.75) is 6.17 Å². The van der Waals surface area contributed by atoms with Gasteiger partial charge in [0.05, 0.1) is 20.8 Å². The Balaban J connectivity index is 1.81. The van der Waals surface area contributed by atoms with Crippen molar-refractivity contribution in [3.63, 3.8) is 0 Å². The Labute approximate surface area is 165 Å². The first-order chi connectivity index (χ1) is 12.6. The lowest BCUT2D eigenvalue weighted by Gasteiger charge is -2.26. The van der Waals surface area contributed by atoms with Gasteiger partial charge in [0.1, 0.15) is 12.0 Å². The molecule has 4 rings (SSSR count). The van der Waals surface area contributed by atoms with Crippen LogP contribution in [0.5, 0.6) is 0 Å². The smallest absolute Gasteiger partial charge is 0.261 e. The van der Waals surface area contributed by atoms with Crippen molar-refractivity contribution in [1.82, 2.24) is 4.98 Å². The Morgan fingerprint density at radius 2 is 1.77 bits per heavy atom. The summed E-state index contributed by atoms with van der Waals surface area (Å²) in [4.78, 5) is 18.9. The average Bonchev–Trinajstić information content (AvgIpc) is 2.92. The molecular weight excluding hydrogens is 393 g/mol. The number of carbonyl (C=O) groups is 1. The maximum Gasteiger partial charge on any atom is 0.261 e. The fourth-order valence-corrected chi connectivity index (χ4v) is 3.43. The van der Waals surface area contributed by atoms with Crippen molar-refractivity contribution in [1.29, 1.82) is 0 Å². The van der Waals surface area contributed by atoms with Crippen LogP contribution in [-0.4, -0.2) is 10.9 Å². The summed E-state index contributed by atoms with van der Waals surface area (Å²) in [6.07, 6.45) is 1.04. The Morgan fingerprint density at radius 1 is 0.962 bits per heavy atom. The first-order valence-corrected chi connectivity index (χ1v) is 8.94. The molecule has 26 heavy (non-hydrogen) atoms. The van der Waals surface area contributed by atoms with Gasteiger partial charge in [0.15, 0.2) is 0 Å². The van der Waals surface area contributed by atoms with Crippen LogP contribution in [0.15, 0.2) is 60.8 Å². The van der Waals surface area contributed by atoms with Gasteiger partial charge in [-0.05, 0) is 30.3 Å². The van der Waals surface area contributed by atoms with Crippen LogP contribution in [0.4, 0.5) is 11.5 Å². The molecule has 0 radical (unpaired) electrons. The number of amides is 1. The molecule has 2 aromatic carbocycles. The van der Waals surface area contributed by atoms with Crippen LogP contribution in [0.25, 0.3) is 0 Å². The zero-order chi connectivity index (χ0) is 18.3. The molecule has 0 bridgehead atoms. The zero-order valence-electron chi connectivity index (χ0n) is 13.3. The molecule has 1 aliphatic heterocycles. The normalized spacial score (nSPS) is 15.9. The third kappa shape index (κ3) is 2.90. The monoisotopic (exact) mass is 403 g/mol. The number of hydrogen-bond acceptors (Lipinski definition) is 3. The Kier molecular flexibility index (Phi) is 4.49. The number of carbonyl (C=O) groups excluding carboxylic acids is 1. The predicted molar refractivity (Wildman–Crippen MR) is 105 cm³/mol. The Hall–Kier alpha value is -2.27. The van der Waals surface area contributed by atoms with E-state index in [4.69, 9.17) is 34.8 Å². The number of benzene rings is 2. The first kappa shape index (κ1) is 17.2. The number of halogens is 3. The lowest BCUT2D eigenvalue weighted by molar-refractivity contribution is 0.0992. The highest BCUT2D eigenvalue weighted by molar-refractivity contribution is 6.43. The number of anilines is 2. The van der Waals surface area contributed by atoms with Crippen molar-refractivity contribution in [3.05, 3.63) is 87.0 Å². The summed E-state index contributed by atoms with van der Waals surface area (Å²) in [5, 5.41) is 4.65. The van der Waals surface area contributed by atoms with E-state index in [1.807, 2.05) is 24.3 Å². The number of fused-ring (bicyclic) bond motifs is 1. The molecule has 1 aliphatic rings. The van der Waals surface area contributed by atoms with Crippen molar-refractivity contribution in [3.8, 4) is 0 Å². The topological polar surface area (TPSA) is 45.2 Å². The van der Waals surface area contributed by atoms with Crippen molar-refractivity contribution >= 4 is 52.2 Å².